The Labute approximate surface area is 155 Å². The first-order valence-corrected chi connectivity index (χ1v) is 8.50. The number of rotatable bonds is 4. The Kier molecular flexibility index (Phi) is 7.90. The SMILES string of the molecule is CC.Cn1ncc(SNC(c2ccc(C(F)(F)F)cc2)C(F)(F)F)cc1=O. The molecule has 0 aliphatic carbocycles. The Hall–Kier alpha value is -2.01. The molecule has 1 aromatic carbocycles. The van der Waals surface area contributed by atoms with Crippen molar-refractivity contribution in [1.29, 1.82) is 0 Å². The molecule has 0 saturated carbocycles. The topological polar surface area (TPSA) is 46.9 Å². The molecule has 1 atom stereocenters. The fraction of sp³-hybridized carbons (Fsp3) is 0.375. The molecule has 0 fully saturated rings. The van der Waals surface area contributed by atoms with Crippen molar-refractivity contribution in [2.75, 3.05) is 0 Å². The van der Waals surface area contributed by atoms with Gasteiger partial charge in [-0.15, -0.1) is 0 Å². The molecular formula is C16H17F6N3OS. The van der Waals surface area contributed by atoms with Gasteiger partial charge in [-0.1, -0.05) is 26.0 Å². The number of nitrogens with zero attached hydrogens (tertiary/aromatic N) is 2. The molecule has 150 valence electrons. The predicted molar refractivity (Wildman–Crippen MR) is 90.1 cm³/mol. The maximum absolute atomic E-state index is 13.2. The molecule has 1 heterocycles. The van der Waals surface area contributed by atoms with Gasteiger partial charge in [0.1, 0.15) is 6.04 Å². The van der Waals surface area contributed by atoms with Crippen LogP contribution in [0, 0.1) is 0 Å². The molecular weight excluding hydrogens is 396 g/mol. The van der Waals surface area contributed by atoms with Gasteiger partial charge in [0.25, 0.3) is 5.56 Å². The van der Waals surface area contributed by atoms with Crippen molar-refractivity contribution in [1.82, 2.24) is 14.5 Å². The third-order valence-corrected chi connectivity index (χ3v) is 3.95. The molecule has 0 bridgehead atoms. The largest absolute Gasteiger partial charge is 0.416 e. The Morgan fingerprint density at radius 2 is 1.63 bits per heavy atom. The molecule has 0 aliphatic heterocycles. The summed E-state index contributed by atoms with van der Waals surface area (Å²) in [5, 5.41) is 3.67. The van der Waals surface area contributed by atoms with Crippen LogP contribution in [0.4, 0.5) is 26.3 Å². The normalized spacial score (nSPS) is 12.9. The molecule has 2 aromatic rings. The van der Waals surface area contributed by atoms with Crippen molar-refractivity contribution in [3.63, 3.8) is 0 Å². The molecule has 1 N–H and O–H groups in total. The average molecular weight is 413 g/mol. The second-order valence-corrected chi connectivity index (χ2v) is 5.88. The summed E-state index contributed by atoms with van der Waals surface area (Å²) in [4.78, 5) is 11.6. The summed E-state index contributed by atoms with van der Waals surface area (Å²) in [5.74, 6) is 0. The highest BCUT2D eigenvalue weighted by atomic mass is 32.2. The van der Waals surface area contributed by atoms with Gasteiger partial charge in [0, 0.05) is 18.0 Å². The van der Waals surface area contributed by atoms with Crippen molar-refractivity contribution in [2.24, 2.45) is 7.05 Å². The molecule has 0 amide bonds. The zero-order chi connectivity index (χ0) is 20.8. The minimum absolute atomic E-state index is 0.143. The number of hydrogen-bond acceptors (Lipinski definition) is 4. The monoisotopic (exact) mass is 413 g/mol. The third kappa shape index (κ3) is 6.58. The van der Waals surface area contributed by atoms with Crippen molar-refractivity contribution in [2.45, 2.75) is 37.1 Å². The summed E-state index contributed by atoms with van der Waals surface area (Å²) >= 11 is 0.515. The number of aryl methyl sites for hydroxylation is 1. The lowest BCUT2D eigenvalue weighted by atomic mass is 10.1. The van der Waals surface area contributed by atoms with E-state index >= 15 is 0 Å². The van der Waals surface area contributed by atoms with Crippen LogP contribution in [0.2, 0.25) is 0 Å². The lowest BCUT2D eigenvalue weighted by molar-refractivity contribution is -0.152. The van der Waals surface area contributed by atoms with E-state index in [1.807, 2.05) is 13.8 Å². The third-order valence-electron chi connectivity index (χ3n) is 3.14. The van der Waals surface area contributed by atoms with Crippen LogP contribution < -0.4 is 10.3 Å². The van der Waals surface area contributed by atoms with Crippen LogP contribution in [0.1, 0.15) is 31.0 Å². The quantitative estimate of drug-likeness (QED) is 0.582. The van der Waals surface area contributed by atoms with E-state index in [0.29, 0.717) is 24.1 Å². The van der Waals surface area contributed by atoms with Gasteiger partial charge in [0.05, 0.1) is 11.8 Å². The summed E-state index contributed by atoms with van der Waals surface area (Å²) < 4.78 is 80.3. The van der Waals surface area contributed by atoms with Gasteiger partial charge in [-0.25, -0.2) is 9.40 Å². The van der Waals surface area contributed by atoms with E-state index in [1.54, 1.807) is 0 Å². The first-order chi connectivity index (χ1) is 12.5. The van der Waals surface area contributed by atoms with Crippen LogP contribution in [0.5, 0.6) is 0 Å². The Morgan fingerprint density at radius 3 is 2.07 bits per heavy atom. The van der Waals surface area contributed by atoms with Crippen molar-refractivity contribution in [3.8, 4) is 0 Å². The van der Waals surface area contributed by atoms with Gasteiger partial charge in [0.15, 0.2) is 0 Å². The number of benzene rings is 1. The summed E-state index contributed by atoms with van der Waals surface area (Å²) in [5.41, 5.74) is -1.93. The Balaban J connectivity index is 0.00000176. The van der Waals surface area contributed by atoms with E-state index in [9.17, 15) is 31.1 Å². The van der Waals surface area contributed by atoms with Crippen LogP contribution in [0.15, 0.2) is 46.2 Å². The fourth-order valence-corrected chi connectivity index (χ4v) is 2.61. The standard InChI is InChI=1S/C14H11F6N3OS.C2H6/c1-23-11(24)6-10(7-21-23)25-22-12(14(18,19)20)8-2-4-9(5-3-8)13(15,16)17;1-2/h2-7,12,22H,1H3;1-2H3. The number of nitrogens with one attached hydrogen (secondary N) is 1. The minimum atomic E-state index is -4.75. The van der Waals surface area contributed by atoms with E-state index in [4.69, 9.17) is 0 Å². The lowest BCUT2D eigenvalue weighted by Crippen LogP contribution is -2.30. The maximum atomic E-state index is 13.2. The molecule has 4 nitrogen and oxygen atoms in total. The molecule has 0 aliphatic rings. The van der Waals surface area contributed by atoms with Gasteiger partial charge in [-0.2, -0.15) is 31.4 Å². The molecule has 0 radical (unpaired) electrons. The summed E-state index contributed by atoms with van der Waals surface area (Å²) in [6.07, 6.45) is -8.19. The lowest BCUT2D eigenvalue weighted by Gasteiger charge is -2.22. The van der Waals surface area contributed by atoms with E-state index in [-0.39, 0.29) is 10.5 Å². The van der Waals surface area contributed by atoms with Gasteiger partial charge in [-0.05, 0) is 29.6 Å². The molecule has 0 spiro atoms. The van der Waals surface area contributed by atoms with Crippen LogP contribution in [-0.4, -0.2) is 16.0 Å². The van der Waals surface area contributed by atoms with Crippen molar-refractivity contribution >= 4 is 11.9 Å². The second kappa shape index (κ2) is 9.27. The van der Waals surface area contributed by atoms with Crippen molar-refractivity contribution < 1.29 is 26.3 Å². The Bertz CT molecular complexity index is 786. The zero-order valence-electron chi connectivity index (χ0n) is 14.5. The highest BCUT2D eigenvalue weighted by Crippen LogP contribution is 2.36. The average Bonchev–Trinajstić information content (AvgIpc) is 2.58. The first-order valence-electron chi connectivity index (χ1n) is 7.68. The van der Waals surface area contributed by atoms with Crippen LogP contribution in [-0.2, 0) is 13.2 Å². The zero-order valence-corrected chi connectivity index (χ0v) is 15.3. The number of halogens is 6. The molecule has 2 rings (SSSR count). The molecule has 11 heteroatoms. The number of hydrogen-bond donors (Lipinski definition) is 1. The summed E-state index contributed by atoms with van der Waals surface area (Å²) in [6, 6.07) is 1.56. The predicted octanol–water partition coefficient (Wildman–Crippen LogP) is 4.73. The van der Waals surface area contributed by atoms with E-state index < -0.39 is 29.5 Å². The fourth-order valence-electron chi connectivity index (χ4n) is 1.82. The van der Waals surface area contributed by atoms with E-state index in [1.165, 1.54) is 13.2 Å². The number of alkyl halides is 6. The second-order valence-electron chi connectivity index (χ2n) is 4.97. The molecule has 1 unspecified atom stereocenters. The van der Waals surface area contributed by atoms with Crippen LogP contribution in [0.25, 0.3) is 0 Å². The highest BCUT2D eigenvalue weighted by Gasteiger charge is 2.41. The van der Waals surface area contributed by atoms with Crippen LogP contribution in [0.3, 0.4) is 0 Å². The molecule has 0 saturated heterocycles. The smallest absolute Gasteiger partial charge is 0.268 e. The minimum Gasteiger partial charge on any atom is -0.268 e. The first kappa shape index (κ1) is 23.0. The highest BCUT2D eigenvalue weighted by molar-refractivity contribution is 7.97. The Morgan fingerprint density at radius 1 is 1.07 bits per heavy atom. The summed E-state index contributed by atoms with van der Waals surface area (Å²) in [7, 11) is 1.38. The van der Waals surface area contributed by atoms with Crippen molar-refractivity contribution in [3.05, 3.63) is 58.0 Å². The molecule has 27 heavy (non-hydrogen) atoms. The van der Waals surface area contributed by atoms with E-state index in [2.05, 4.69) is 9.82 Å². The van der Waals surface area contributed by atoms with E-state index in [0.717, 1.165) is 22.9 Å². The van der Waals surface area contributed by atoms with Crippen LogP contribution >= 0.6 is 11.9 Å². The number of aromatic nitrogens is 2. The van der Waals surface area contributed by atoms with Gasteiger partial charge in [0.2, 0.25) is 0 Å². The summed E-state index contributed by atoms with van der Waals surface area (Å²) in [6.45, 7) is 4.00. The van der Waals surface area contributed by atoms with Gasteiger partial charge >= 0.3 is 12.4 Å². The maximum Gasteiger partial charge on any atom is 0.416 e. The van der Waals surface area contributed by atoms with Gasteiger partial charge < -0.3 is 0 Å². The molecule has 1 aromatic heterocycles. The van der Waals surface area contributed by atoms with Gasteiger partial charge in [-0.3, -0.25) is 4.79 Å².